The Labute approximate surface area is 151 Å². The van der Waals surface area contributed by atoms with Gasteiger partial charge in [0.05, 0.1) is 7.11 Å². The number of methoxy groups -OCH3 is 1. The molecule has 136 valence electrons. The van der Waals surface area contributed by atoms with Gasteiger partial charge in [-0.25, -0.2) is 4.79 Å². The molecule has 7 nitrogen and oxygen atoms in total. The first-order chi connectivity index (χ1) is 12.3. The minimum atomic E-state index is -1.02. The Morgan fingerprint density at radius 3 is 2.31 bits per heavy atom. The summed E-state index contributed by atoms with van der Waals surface area (Å²) in [6.45, 7) is 3.30. The molecule has 26 heavy (non-hydrogen) atoms. The molecule has 0 aliphatic heterocycles. The molecule has 0 aliphatic carbocycles. The molecule has 0 aliphatic rings. The second kappa shape index (κ2) is 8.15. The summed E-state index contributed by atoms with van der Waals surface area (Å²) in [6.07, 6.45) is -1.02. The van der Waals surface area contributed by atoms with Gasteiger partial charge in [0.25, 0.3) is 5.91 Å². The molecule has 2 rings (SSSR count). The Morgan fingerprint density at radius 1 is 1.08 bits per heavy atom. The number of nitrogens with two attached hydrogens (primary N) is 1. The lowest BCUT2D eigenvalue weighted by Gasteiger charge is -2.15. The van der Waals surface area contributed by atoms with Gasteiger partial charge >= 0.3 is 5.97 Å². The molecule has 7 heteroatoms. The van der Waals surface area contributed by atoms with Crippen molar-refractivity contribution < 1.29 is 23.9 Å². The fourth-order valence-electron chi connectivity index (χ4n) is 2.22. The molecule has 0 radical (unpaired) electrons. The van der Waals surface area contributed by atoms with E-state index < -0.39 is 23.9 Å². The van der Waals surface area contributed by atoms with E-state index in [-0.39, 0.29) is 5.56 Å². The molecule has 2 aromatic carbocycles. The standard InChI is InChI=1S/C19H20N2O5/c1-11-4-9-16(25-3)15(10-11)19(24)26-12(2)18(23)21-14-7-5-13(6-8-14)17(20)22/h4-10,12H,1-3H3,(H2,20,22)(H,21,23)/t12-/m0/s1. The molecule has 0 spiro atoms. The number of hydrogen-bond acceptors (Lipinski definition) is 5. The van der Waals surface area contributed by atoms with Gasteiger partial charge in [-0.3, -0.25) is 9.59 Å². The van der Waals surface area contributed by atoms with E-state index >= 15 is 0 Å². The lowest BCUT2D eigenvalue weighted by atomic mass is 10.1. The Balaban J connectivity index is 2.03. The Bertz CT molecular complexity index is 830. The number of rotatable bonds is 6. The summed E-state index contributed by atoms with van der Waals surface area (Å²) in [5.41, 5.74) is 7.06. The summed E-state index contributed by atoms with van der Waals surface area (Å²) in [5.74, 6) is -1.35. The first kappa shape index (κ1) is 19.0. The molecule has 1 atom stereocenters. The number of carbonyl (C=O) groups excluding carboxylic acids is 3. The summed E-state index contributed by atoms with van der Waals surface area (Å²) < 4.78 is 10.4. The third-order valence-corrected chi connectivity index (χ3v) is 3.66. The summed E-state index contributed by atoms with van der Waals surface area (Å²) in [5, 5.41) is 2.61. The largest absolute Gasteiger partial charge is 0.496 e. The molecule has 0 heterocycles. The van der Waals surface area contributed by atoms with Crippen LogP contribution in [0.1, 0.15) is 33.2 Å². The predicted molar refractivity (Wildman–Crippen MR) is 96.2 cm³/mol. The molecule has 2 amide bonds. The molecule has 2 aromatic rings. The van der Waals surface area contributed by atoms with Crippen molar-refractivity contribution in [1.29, 1.82) is 0 Å². The fourth-order valence-corrected chi connectivity index (χ4v) is 2.22. The minimum Gasteiger partial charge on any atom is -0.496 e. The van der Waals surface area contributed by atoms with Crippen LogP contribution in [0, 0.1) is 6.92 Å². The van der Waals surface area contributed by atoms with Crippen molar-refractivity contribution in [1.82, 2.24) is 0 Å². The average molecular weight is 356 g/mol. The van der Waals surface area contributed by atoms with E-state index in [0.717, 1.165) is 5.56 Å². The van der Waals surface area contributed by atoms with Gasteiger partial charge in [-0.05, 0) is 50.2 Å². The van der Waals surface area contributed by atoms with E-state index in [0.29, 0.717) is 17.0 Å². The maximum atomic E-state index is 12.3. The van der Waals surface area contributed by atoms with Gasteiger partial charge in [0.2, 0.25) is 5.91 Å². The number of primary amides is 1. The maximum absolute atomic E-state index is 12.3. The van der Waals surface area contributed by atoms with Crippen LogP contribution in [0.5, 0.6) is 5.75 Å². The second-order valence-electron chi connectivity index (χ2n) is 5.68. The van der Waals surface area contributed by atoms with Gasteiger partial charge in [-0.15, -0.1) is 0 Å². The van der Waals surface area contributed by atoms with E-state index in [1.807, 2.05) is 13.0 Å². The van der Waals surface area contributed by atoms with Crippen LogP contribution in [-0.4, -0.2) is 31.0 Å². The van der Waals surface area contributed by atoms with Crippen LogP contribution in [0.3, 0.4) is 0 Å². The van der Waals surface area contributed by atoms with Gasteiger partial charge in [-0.1, -0.05) is 11.6 Å². The number of anilines is 1. The van der Waals surface area contributed by atoms with Crippen molar-refractivity contribution in [2.75, 3.05) is 12.4 Å². The maximum Gasteiger partial charge on any atom is 0.342 e. The van der Waals surface area contributed by atoms with E-state index in [1.54, 1.807) is 12.1 Å². The summed E-state index contributed by atoms with van der Waals surface area (Å²) in [6, 6.07) is 11.2. The van der Waals surface area contributed by atoms with Crippen LogP contribution in [0.2, 0.25) is 0 Å². The molecular formula is C19H20N2O5. The Morgan fingerprint density at radius 2 is 1.73 bits per heavy atom. The van der Waals surface area contributed by atoms with Crippen molar-refractivity contribution in [3.63, 3.8) is 0 Å². The van der Waals surface area contributed by atoms with E-state index in [9.17, 15) is 14.4 Å². The van der Waals surface area contributed by atoms with Gasteiger partial charge < -0.3 is 20.5 Å². The molecule has 0 unspecified atom stereocenters. The number of aryl methyl sites for hydroxylation is 1. The monoisotopic (exact) mass is 356 g/mol. The molecule has 0 aromatic heterocycles. The normalized spacial score (nSPS) is 11.3. The highest BCUT2D eigenvalue weighted by atomic mass is 16.5. The number of benzene rings is 2. The van der Waals surface area contributed by atoms with Crippen molar-refractivity contribution in [2.24, 2.45) is 5.73 Å². The van der Waals surface area contributed by atoms with Crippen molar-refractivity contribution in [2.45, 2.75) is 20.0 Å². The summed E-state index contributed by atoms with van der Waals surface area (Å²) in [4.78, 5) is 35.6. The summed E-state index contributed by atoms with van der Waals surface area (Å²) >= 11 is 0. The predicted octanol–water partition coefficient (Wildman–Crippen LogP) is 2.29. The van der Waals surface area contributed by atoms with Crippen LogP contribution < -0.4 is 15.8 Å². The smallest absolute Gasteiger partial charge is 0.342 e. The third-order valence-electron chi connectivity index (χ3n) is 3.66. The zero-order valence-electron chi connectivity index (χ0n) is 14.7. The highest BCUT2D eigenvalue weighted by Gasteiger charge is 2.21. The topological polar surface area (TPSA) is 108 Å². The number of amides is 2. The van der Waals surface area contributed by atoms with Crippen molar-refractivity contribution >= 4 is 23.5 Å². The van der Waals surface area contributed by atoms with Gasteiger partial charge in [0, 0.05) is 11.3 Å². The zero-order chi connectivity index (χ0) is 19.3. The van der Waals surface area contributed by atoms with E-state index in [1.165, 1.54) is 38.3 Å². The lowest BCUT2D eigenvalue weighted by Crippen LogP contribution is -2.30. The molecular weight excluding hydrogens is 336 g/mol. The first-order valence-corrected chi connectivity index (χ1v) is 7.88. The van der Waals surface area contributed by atoms with Crippen molar-refractivity contribution in [3.05, 3.63) is 59.2 Å². The van der Waals surface area contributed by atoms with E-state index in [4.69, 9.17) is 15.2 Å². The molecule has 3 N–H and O–H groups in total. The van der Waals surface area contributed by atoms with Gasteiger partial charge in [-0.2, -0.15) is 0 Å². The number of hydrogen-bond donors (Lipinski definition) is 2. The molecule has 0 saturated heterocycles. The lowest BCUT2D eigenvalue weighted by molar-refractivity contribution is -0.123. The van der Waals surface area contributed by atoms with Crippen LogP contribution in [0.15, 0.2) is 42.5 Å². The third kappa shape index (κ3) is 4.60. The number of carbonyl (C=O) groups is 3. The fraction of sp³-hybridized carbons (Fsp3) is 0.211. The van der Waals surface area contributed by atoms with Crippen LogP contribution in [0.25, 0.3) is 0 Å². The van der Waals surface area contributed by atoms with E-state index in [2.05, 4.69) is 5.32 Å². The van der Waals surface area contributed by atoms with Gasteiger partial charge in [0.15, 0.2) is 6.10 Å². The Kier molecular flexibility index (Phi) is 5.95. The quantitative estimate of drug-likeness (QED) is 0.772. The molecule has 0 fully saturated rings. The molecule has 0 saturated carbocycles. The Hall–Kier alpha value is -3.35. The van der Waals surface area contributed by atoms with Crippen LogP contribution in [0.4, 0.5) is 5.69 Å². The first-order valence-electron chi connectivity index (χ1n) is 7.88. The molecule has 0 bridgehead atoms. The SMILES string of the molecule is COc1ccc(C)cc1C(=O)O[C@@H](C)C(=O)Nc1ccc(C(N)=O)cc1. The highest BCUT2D eigenvalue weighted by Crippen LogP contribution is 2.21. The zero-order valence-corrected chi connectivity index (χ0v) is 14.7. The van der Waals surface area contributed by atoms with Crippen LogP contribution >= 0.6 is 0 Å². The second-order valence-corrected chi connectivity index (χ2v) is 5.68. The summed E-state index contributed by atoms with van der Waals surface area (Å²) in [7, 11) is 1.45. The van der Waals surface area contributed by atoms with Crippen LogP contribution in [-0.2, 0) is 9.53 Å². The number of esters is 1. The number of nitrogens with one attached hydrogen (secondary N) is 1. The van der Waals surface area contributed by atoms with Gasteiger partial charge in [0.1, 0.15) is 11.3 Å². The van der Waals surface area contributed by atoms with Crippen molar-refractivity contribution in [3.8, 4) is 5.75 Å². The average Bonchev–Trinajstić information content (AvgIpc) is 2.61. The minimum absolute atomic E-state index is 0.248. The number of ether oxygens (including phenoxy) is 2. The highest BCUT2D eigenvalue weighted by molar-refractivity contribution is 5.99.